The number of carbonyl (C=O) groups excluding carboxylic acids is 1. The van der Waals surface area contributed by atoms with Crippen molar-refractivity contribution in [1.82, 2.24) is 5.32 Å². The molecule has 1 rings (SSSR count). The van der Waals surface area contributed by atoms with Crippen LogP contribution < -0.4 is 11.1 Å². The number of aliphatic hydroxyl groups is 1. The Morgan fingerprint density at radius 3 is 2.72 bits per heavy atom. The SMILES string of the molecule is NC(=O)CNCC(O)COCc1ccc(Cl)cc1. The number of nitrogens with two attached hydrogens (primary N) is 1. The van der Waals surface area contributed by atoms with Crippen molar-refractivity contribution in [3.05, 3.63) is 34.9 Å². The van der Waals surface area contributed by atoms with Crippen molar-refractivity contribution < 1.29 is 14.6 Å². The molecular weight excluding hydrogens is 256 g/mol. The zero-order valence-corrected chi connectivity index (χ0v) is 10.7. The molecule has 0 aliphatic carbocycles. The van der Waals surface area contributed by atoms with Crippen molar-refractivity contribution in [3.8, 4) is 0 Å². The predicted octanol–water partition coefficient (Wildman–Crippen LogP) is 0.292. The quantitative estimate of drug-likeness (QED) is 0.635. The van der Waals surface area contributed by atoms with E-state index in [9.17, 15) is 9.90 Å². The molecule has 0 heterocycles. The largest absolute Gasteiger partial charge is 0.389 e. The van der Waals surface area contributed by atoms with Gasteiger partial charge in [0.1, 0.15) is 0 Å². The molecule has 0 saturated carbocycles. The predicted molar refractivity (Wildman–Crippen MR) is 69.2 cm³/mol. The summed E-state index contributed by atoms with van der Waals surface area (Å²) in [5, 5.41) is 12.9. The number of nitrogens with one attached hydrogen (secondary N) is 1. The third-order valence-electron chi connectivity index (χ3n) is 2.17. The van der Waals surface area contributed by atoms with E-state index >= 15 is 0 Å². The molecule has 0 fully saturated rings. The Bertz CT molecular complexity index is 370. The zero-order chi connectivity index (χ0) is 13.4. The summed E-state index contributed by atoms with van der Waals surface area (Å²) in [5.74, 6) is -0.454. The van der Waals surface area contributed by atoms with Crippen LogP contribution in [0.15, 0.2) is 24.3 Å². The summed E-state index contributed by atoms with van der Waals surface area (Å²) in [6.07, 6.45) is -0.670. The molecule has 1 amide bonds. The maximum Gasteiger partial charge on any atom is 0.231 e. The van der Waals surface area contributed by atoms with Gasteiger partial charge in [-0.3, -0.25) is 4.79 Å². The lowest BCUT2D eigenvalue weighted by Crippen LogP contribution is -2.36. The minimum absolute atomic E-state index is 0.0498. The molecule has 0 saturated heterocycles. The van der Waals surface area contributed by atoms with Gasteiger partial charge in [0.25, 0.3) is 0 Å². The molecule has 1 aromatic carbocycles. The van der Waals surface area contributed by atoms with Gasteiger partial charge in [-0.15, -0.1) is 0 Å². The van der Waals surface area contributed by atoms with Crippen LogP contribution in [-0.4, -0.2) is 36.8 Å². The highest BCUT2D eigenvalue weighted by Gasteiger charge is 2.04. The first-order valence-electron chi connectivity index (χ1n) is 5.57. The summed E-state index contributed by atoms with van der Waals surface area (Å²) < 4.78 is 5.33. The fourth-order valence-corrected chi connectivity index (χ4v) is 1.44. The standard InChI is InChI=1S/C12H17ClN2O3/c13-10-3-1-9(2-4-10)7-18-8-11(16)5-15-6-12(14)17/h1-4,11,15-16H,5-8H2,(H2,14,17). The number of aliphatic hydroxyl groups excluding tert-OH is 1. The van der Waals surface area contributed by atoms with E-state index in [1.165, 1.54) is 0 Å². The molecule has 4 N–H and O–H groups in total. The number of benzene rings is 1. The van der Waals surface area contributed by atoms with Crippen LogP contribution in [0.2, 0.25) is 5.02 Å². The highest BCUT2D eigenvalue weighted by molar-refractivity contribution is 6.30. The Kier molecular flexibility index (Phi) is 6.67. The van der Waals surface area contributed by atoms with E-state index in [2.05, 4.69) is 5.32 Å². The molecule has 1 aromatic rings. The van der Waals surface area contributed by atoms with Crippen LogP contribution in [0.5, 0.6) is 0 Å². The van der Waals surface area contributed by atoms with Gasteiger partial charge in [-0.2, -0.15) is 0 Å². The second kappa shape index (κ2) is 8.05. The lowest BCUT2D eigenvalue weighted by atomic mass is 10.2. The van der Waals surface area contributed by atoms with Gasteiger partial charge in [-0.05, 0) is 17.7 Å². The Balaban J connectivity index is 2.13. The molecule has 1 unspecified atom stereocenters. The maximum absolute atomic E-state index is 10.4. The van der Waals surface area contributed by atoms with Gasteiger partial charge >= 0.3 is 0 Å². The summed E-state index contributed by atoms with van der Waals surface area (Å²) in [7, 11) is 0. The van der Waals surface area contributed by atoms with Crippen molar-refractivity contribution in [3.63, 3.8) is 0 Å². The van der Waals surface area contributed by atoms with Gasteiger partial charge in [0.05, 0.1) is 25.9 Å². The van der Waals surface area contributed by atoms with Crippen molar-refractivity contribution in [2.45, 2.75) is 12.7 Å². The minimum atomic E-state index is -0.670. The normalized spacial score (nSPS) is 12.3. The van der Waals surface area contributed by atoms with Crippen molar-refractivity contribution in [2.24, 2.45) is 5.73 Å². The molecule has 0 spiro atoms. The molecule has 0 bridgehead atoms. The first-order chi connectivity index (χ1) is 8.58. The van der Waals surface area contributed by atoms with Gasteiger partial charge in [0.15, 0.2) is 0 Å². The Morgan fingerprint density at radius 1 is 1.44 bits per heavy atom. The van der Waals surface area contributed by atoms with E-state index < -0.39 is 12.0 Å². The average Bonchev–Trinajstić information content (AvgIpc) is 2.31. The summed E-state index contributed by atoms with van der Waals surface area (Å²) in [5.41, 5.74) is 5.92. The van der Waals surface area contributed by atoms with Gasteiger partial charge in [-0.25, -0.2) is 0 Å². The lowest BCUT2D eigenvalue weighted by Gasteiger charge is -2.11. The fraction of sp³-hybridized carbons (Fsp3) is 0.417. The monoisotopic (exact) mass is 272 g/mol. The molecule has 0 aliphatic heterocycles. The van der Waals surface area contributed by atoms with Gasteiger partial charge in [0.2, 0.25) is 5.91 Å². The average molecular weight is 273 g/mol. The Hall–Kier alpha value is -1.14. The third kappa shape index (κ3) is 6.56. The molecule has 5 nitrogen and oxygen atoms in total. The Morgan fingerprint density at radius 2 is 2.11 bits per heavy atom. The molecule has 100 valence electrons. The van der Waals surface area contributed by atoms with Gasteiger partial charge in [0, 0.05) is 11.6 Å². The van der Waals surface area contributed by atoms with Crippen LogP contribution in [0, 0.1) is 0 Å². The molecule has 0 aromatic heterocycles. The molecule has 1 atom stereocenters. The fourth-order valence-electron chi connectivity index (χ4n) is 1.31. The number of carbonyl (C=O) groups is 1. The molecule has 6 heteroatoms. The van der Waals surface area contributed by atoms with Crippen LogP contribution >= 0.6 is 11.6 Å². The van der Waals surface area contributed by atoms with Crippen LogP contribution in [0.4, 0.5) is 0 Å². The van der Waals surface area contributed by atoms with E-state index in [-0.39, 0.29) is 19.7 Å². The number of halogens is 1. The number of primary amides is 1. The van der Waals surface area contributed by atoms with Crippen LogP contribution in [0.25, 0.3) is 0 Å². The van der Waals surface area contributed by atoms with Crippen molar-refractivity contribution >= 4 is 17.5 Å². The first kappa shape index (κ1) is 14.9. The maximum atomic E-state index is 10.4. The van der Waals surface area contributed by atoms with Crippen LogP contribution in [0.3, 0.4) is 0 Å². The Labute approximate surface area is 111 Å². The summed E-state index contributed by atoms with van der Waals surface area (Å²) in [4.78, 5) is 10.4. The van der Waals surface area contributed by atoms with Gasteiger partial charge in [-0.1, -0.05) is 23.7 Å². The molecular formula is C12H17ClN2O3. The second-order valence-electron chi connectivity index (χ2n) is 3.89. The van der Waals surface area contributed by atoms with E-state index in [0.717, 1.165) is 5.56 Å². The highest BCUT2D eigenvalue weighted by atomic mass is 35.5. The molecule has 0 radical (unpaired) electrons. The minimum Gasteiger partial charge on any atom is -0.389 e. The number of rotatable bonds is 8. The topological polar surface area (TPSA) is 84.6 Å². The van der Waals surface area contributed by atoms with E-state index in [4.69, 9.17) is 22.1 Å². The second-order valence-corrected chi connectivity index (χ2v) is 4.33. The molecule has 18 heavy (non-hydrogen) atoms. The lowest BCUT2D eigenvalue weighted by molar-refractivity contribution is -0.117. The third-order valence-corrected chi connectivity index (χ3v) is 2.42. The number of hydrogen-bond donors (Lipinski definition) is 3. The molecule has 0 aliphatic rings. The summed E-state index contributed by atoms with van der Waals surface area (Å²) in [6, 6.07) is 7.29. The van der Waals surface area contributed by atoms with Gasteiger partial charge < -0.3 is 20.9 Å². The van der Waals surface area contributed by atoms with Crippen LogP contribution in [-0.2, 0) is 16.1 Å². The van der Waals surface area contributed by atoms with E-state index in [1.54, 1.807) is 12.1 Å². The van der Waals surface area contributed by atoms with Crippen molar-refractivity contribution in [1.29, 1.82) is 0 Å². The summed E-state index contributed by atoms with van der Waals surface area (Å²) in [6.45, 7) is 0.913. The number of hydrogen-bond acceptors (Lipinski definition) is 4. The first-order valence-corrected chi connectivity index (χ1v) is 5.95. The van der Waals surface area contributed by atoms with E-state index in [0.29, 0.717) is 11.6 Å². The number of ether oxygens (including phenoxy) is 1. The van der Waals surface area contributed by atoms with Crippen LogP contribution in [0.1, 0.15) is 5.56 Å². The summed E-state index contributed by atoms with van der Waals surface area (Å²) >= 11 is 5.75. The zero-order valence-electron chi connectivity index (χ0n) is 9.93. The van der Waals surface area contributed by atoms with Crippen molar-refractivity contribution in [2.75, 3.05) is 19.7 Å². The smallest absolute Gasteiger partial charge is 0.231 e. The number of amides is 1. The van der Waals surface area contributed by atoms with E-state index in [1.807, 2.05) is 12.1 Å². The highest BCUT2D eigenvalue weighted by Crippen LogP contribution is 2.10.